The van der Waals surface area contributed by atoms with Gasteiger partial charge in [-0.25, -0.2) is 4.39 Å². The first-order valence-electron chi connectivity index (χ1n) is 5.39. The fourth-order valence-corrected chi connectivity index (χ4v) is 2.06. The number of rotatable bonds is 2. The van der Waals surface area contributed by atoms with Gasteiger partial charge >= 0.3 is 0 Å². The van der Waals surface area contributed by atoms with Gasteiger partial charge in [-0.05, 0) is 44.2 Å². The van der Waals surface area contributed by atoms with Crippen molar-refractivity contribution in [3.05, 3.63) is 29.6 Å². The van der Waals surface area contributed by atoms with Crippen molar-refractivity contribution in [1.29, 1.82) is 0 Å². The summed E-state index contributed by atoms with van der Waals surface area (Å²) in [6.45, 7) is 3.88. The molecule has 3 heteroatoms. The zero-order chi connectivity index (χ0) is 10.8. The van der Waals surface area contributed by atoms with Crippen LogP contribution in [0, 0.1) is 12.7 Å². The predicted molar refractivity (Wildman–Crippen MR) is 60.8 cm³/mol. The van der Waals surface area contributed by atoms with Gasteiger partial charge in [0.1, 0.15) is 5.82 Å². The maximum Gasteiger partial charge on any atom is 0.126 e. The van der Waals surface area contributed by atoms with Gasteiger partial charge in [-0.2, -0.15) is 0 Å². The summed E-state index contributed by atoms with van der Waals surface area (Å²) >= 11 is 0. The van der Waals surface area contributed by atoms with Crippen LogP contribution in [0.5, 0.6) is 0 Å². The third kappa shape index (κ3) is 2.12. The van der Waals surface area contributed by atoms with Gasteiger partial charge < -0.3 is 10.2 Å². The van der Waals surface area contributed by atoms with Crippen LogP contribution in [0.15, 0.2) is 18.2 Å². The molecule has 0 spiro atoms. The zero-order valence-electron chi connectivity index (χ0n) is 9.26. The molecule has 82 valence electrons. The van der Waals surface area contributed by atoms with Crippen molar-refractivity contribution in [3.8, 4) is 0 Å². The van der Waals surface area contributed by atoms with E-state index in [0.717, 1.165) is 30.8 Å². The summed E-state index contributed by atoms with van der Waals surface area (Å²) in [5, 5.41) is 3.27. The fraction of sp³-hybridized carbons (Fsp3) is 0.500. The molecule has 15 heavy (non-hydrogen) atoms. The number of likely N-dealkylation sites (N-methyl/N-ethyl adjacent to an activating group) is 1. The number of nitrogens with one attached hydrogen (secondary N) is 1. The second kappa shape index (κ2) is 4.19. The number of halogens is 1. The second-order valence-corrected chi connectivity index (χ2v) is 4.15. The van der Waals surface area contributed by atoms with E-state index in [1.807, 2.05) is 26.1 Å². The number of benzene rings is 1. The Morgan fingerprint density at radius 2 is 2.27 bits per heavy atom. The van der Waals surface area contributed by atoms with Crippen molar-refractivity contribution in [2.75, 3.05) is 25.0 Å². The molecule has 0 aliphatic carbocycles. The van der Waals surface area contributed by atoms with E-state index < -0.39 is 0 Å². The summed E-state index contributed by atoms with van der Waals surface area (Å²) in [4.78, 5) is 2.30. The number of anilines is 1. The van der Waals surface area contributed by atoms with Gasteiger partial charge in [0, 0.05) is 24.8 Å². The van der Waals surface area contributed by atoms with Crippen LogP contribution >= 0.6 is 0 Å². The first-order chi connectivity index (χ1) is 7.20. The maximum atomic E-state index is 13.1. The molecular formula is C12H17FN2. The molecule has 0 saturated carbocycles. The van der Waals surface area contributed by atoms with Gasteiger partial charge in [0.2, 0.25) is 0 Å². The summed E-state index contributed by atoms with van der Waals surface area (Å²) in [6, 6.07) is 5.90. The van der Waals surface area contributed by atoms with Crippen molar-refractivity contribution in [2.24, 2.45) is 0 Å². The molecular weight excluding hydrogens is 191 g/mol. The van der Waals surface area contributed by atoms with Gasteiger partial charge in [-0.3, -0.25) is 0 Å². The summed E-state index contributed by atoms with van der Waals surface area (Å²) in [5.41, 5.74) is 1.85. The molecule has 1 aromatic rings. The van der Waals surface area contributed by atoms with Crippen LogP contribution < -0.4 is 10.2 Å². The fourth-order valence-electron chi connectivity index (χ4n) is 2.06. The van der Waals surface area contributed by atoms with Crippen LogP contribution in [-0.4, -0.2) is 26.2 Å². The first kappa shape index (κ1) is 10.4. The Labute approximate surface area is 90.1 Å². The highest BCUT2D eigenvalue weighted by Crippen LogP contribution is 2.22. The molecule has 1 N–H and O–H groups in total. The van der Waals surface area contributed by atoms with Gasteiger partial charge in [0.15, 0.2) is 0 Å². The van der Waals surface area contributed by atoms with Gasteiger partial charge in [-0.15, -0.1) is 0 Å². The van der Waals surface area contributed by atoms with Crippen molar-refractivity contribution in [3.63, 3.8) is 0 Å². The van der Waals surface area contributed by atoms with E-state index in [9.17, 15) is 4.39 Å². The monoisotopic (exact) mass is 208 g/mol. The lowest BCUT2D eigenvalue weighted by atomic mass is 10.2. The third-order valence-corrected chi connectivity index (χ3v) is 3.10. The van der Waals surface area contributed by atoms with Crippen LogP contribution in [0.1, 0.15) is 12.0 Å². The first-order valence-corrected chi connectivity index (χ1v) is 5.39. The van der Waals surface area contributed by atoms with Crippen molar-refractivity contribution in [2.45, 2.75) is 19.4 Å². The van der Waals surface area contributed by atoms with E-state index in [0.29, 0.717) is 6.04 Å². The highest BCUT2D eigenvalue weighted by molar-refractivity contribution is 5.49. The summed E-state index contributed by atoms with van der Waals surface area (Å²) in [6.07, 6.45) is 1.16. The van der Waals surface area contributed by atoms with Crippen LogP contribution in [0.4, 0.5) is 10.1 Å². The number of hydrogen-bond acceptors (Lipinski definition) is 2. The molecule has 1 heterocycles. The molecule has 0 aromatic heterocycles. The number of hydrogen-bond donors (Lipinski definition) is 1. The Morgan fingerprint density at radius 1 is 1.47 bits per heavy atom. The second-order valence-electron chi connectivity index (χ2n) is 4.15. The minimum atomic E-state index is -0.122. The average molecular weight is 208 g/mol. The lowest BCUT2D eigenvalue weighted by molar-refractivity contribution is 0.615. The predicted octanol–water partition coefficient (Wildman–Crippen LogP) is 1.93. The lowest BCUT2D eigenvalue weighted by Gasteiger charge is -2.19. The standard InChI is InChI=1S/C12H17FN2/c1-9-7-11(3-4-12(9)13)15-6-5-10(8-15)14-2/h3-4,7,10,14H,5-6,8H2,1-2H3. The number of aryl methyl sites for hydroxylation is 1. The highest BCUT2D eigenvalue weighted by atomic mass is 19.1. The summed E-state index contributed by atoms with van der Waals surface area (Å²) in [7, 11) is 1.99. The minimum absolute atomic E-state index is 0.122. The van der Waals surface area contributed by atoms with E-state index in [-0.39, 0.29) is 5.82 Å². The maximum absolute atomic E-state index is 13.1. The molecule has 1 atom stereocenters. The van der Waals surface area contributed by atoms with Gasteiger partial charge in [0.25, 0.3) is 0 Å². The smallest absolute Gasteiger partial charge is 0.126 e. The SMILES string of the molecule is CNC1CCN(c2ccc(F)c(C)c2)C1. The molecule has 1 saturated heterocycles. The van der Waals surface area contributed by atoms with Gasteiger partial charge in [0.05, 0.1) is 0 Å². The number of nitrogens with zero attached hydrogens (tertiary/aromatic N) is 1. The van der Waals surface area contributed by atoms with E-state index >= 15 is 0 Å². The zero-order valence-corrected chi connectivity index (χ0v) is 9.26. The van der Waals surface area contributed by atoms with Crippen LogP contribution in [0.25, 0.3) is 0 Å². The largest absolute Gasteiger partial charge is 0.370 e. The molecule has 2 nitrogen and oxygen atoms in total. The normalized spacial score (nSPS) is 21.0. The molecule has 2 rings (SSSR count). The van der Waals surface area contributed by atoms with E-state index in [1.54, 1.807) is 6.07 Å². The molecule has 0 amide bonds. The Hall–Kier alpha value is -1.09. The Morgan fingerprint density at radius 3 is 2.87 bits per heavy atom. The molecule has 1 aromatic carbocycles. The van der Waals surface area contributed by atoms with Crippen molar-refractivity contribution < 1.29 is 4.39 Å². The summed E-state index contributed by atoms with van der Waals surface area (Å²) < 4.78 is 13.1. The van der Waals surface area contributed by atoms with Crippen LogP contribution in [-0.2, 0) is 0 Å². The lowest BCUT2D eigenvalue weighted by Crippen LogP contribution is -2.29. The average Bonchev–Trinajstić information content (AvgIpc) is 2.70. The molecule has 1 fully saturated rings. The van der Waals surface area contributed by atoms with Crippen molar-refractivity contribution in [1.82, 2.24) is 5.32 Å². The van der Waals surface area contributed by atoms with Crippen molar-refractivity contribution >= 4 is 5.69 Å². The molecule has 0 radical (unpaired) electrons. The van der Waals surface area contributed by atoms with Crippen LogP contribution in [0.2, 0.25) is 0 Å². The van der Waals surface area contributed by atoms with E-state index in [2.05, 4.69) is 10.2 Å². The molecule has 1 aliphatic heterocycles. The Bertz CT molecular complexity index is 351. The highest BCUT2D eigenvalue weighted by Gasteiger charge is 2.21. The van der Waals surface area contributed by atoms with E-state index in [4.69, 9.17) is 0 Å². The molecule has 1 unspecified atom stereocenters. The molecule has 0 bridgehead atoms. The Balaban J connectivity index is 2.13. The summed E-state index contributed by atoms with van der Waals surface area (Å²) in [5.74, 6) is -0.122. The molecule has 1 aliphatic rings. The quantitative estimate of drug-likeness (QED) is 0.799. The van der Waals surface area contributed by atoms with E-state index in [1.165, 1.54) is 0 Å². The Kier molecular flexibility index (Phi) is 2.91. The van der Waals surface area contributed by atoms with Crippen LogP contribution in [0.3, 0.4) is 0 Å². The minimum Gasteiger partial charge on any atom is -0.370 e. The third-order valence-electron chi connectivity index (χ3n) is 3.10. The topological polar surface area (TPSA) is 15.3 Å². The van der Waals surface area contributed by atoms with Gasteiger partial charge in [-0.1, -0.05) is 0 Å².